The molecule has 5 rings (SSSR count). The summed E-state index contributed by atoms with van der Waals surface area (Å²) >= 11 is 6.78. The molecule has 176 valence electrons. The summed E-state index contributed by atoms with van der Waals surface area (Å²) in [5.41, 5.74) is 4.80. The second-order valence-corrected chi connectivity index (χ2v) is 10.3. The zero-order valence-electron chi connectivity index (χ0n) is 20.2. The first kappa shape index (κ1) is 22.6. The molecule has 0 saturated heterocycles. The van der Waals surface area contributed by atoms with E-state index in [1.165, 1.54) is 5.56 Å². The smallest absolute Gasteiger partial charge is 0.238 e. The van der Waals surface area contributed by atoms with Gasteiger partial charge in [0.1, 0.15) is 17.2 Å². The topological polar surface area (TPSA) is 70.7 Å². The van der Waals surface area contributed by atoms with Gasteiger partial charge < -0.3 is 9.30 Å². The zero-order valence-corrected chi connectivity index (χ0v) is 21.0. The van der Waals surface area contributed by atoms with Gasteiger partial charge in [-0.05, 0) is 54.5 Å². The molecule has 0 fully saturated rings. The summed E-state index contributed by atoms with van der Waals surface area (Å²) in [6, 6.07) is 10.3. The van der Waals surface area contributed by atoms with Gasteiger partial charge in [0, 0.05) is 23.7 Å². The van der Waals surface area contributed by atoms with Gasteiger partial charge in [0.2, 0.25) is 5.88 Å². The molecule has 1 aromatic carbocycles. The zero-order chi connectivity index (χ0) is 24.0. The number of rotatable bonds is 4. The molecule has 3 aromatic heterocycles. The number of pyridine rings is 1. The molecule has 0 radical (unpaired) electrons. The van der Waals surface area contributed by atoms with Crippen LogP contribution in [-0.4, -0.2) is 36.4 Å². The third-order valence-corrected chi connectivity index (χ3v) is 6.70. The van der Waals surface area contributed by atoms with Gasteiger partial charge in [0.05, 0.1) is 19.1 Å². The van der Waals surface area contributed by atoms with Crippen molar-refractivity contribution >= 4 is 11.6 Å². The number of methoxy groups -OCH3 is 1. The van der Waals surface area contributed by atoms with Crippen LogP contribution in [0.1, 0.15) is 62.2 Å². The molecular weight excluding hydrogens is 448 g/mol. The lowest BCUT2D eigenvalue weighted by Gasteiger charge is -2.25. The van der Waals surface area contributed by atoms with Crippen LogP contribution in [0.3, 0.4) is 0 Å². The molecule has 1 atom stereocenters. The Morgan fingerprint density at radius 3 is 2.62 bits per heavy atom. The minimum atomic E-state index is 0.0498. The molecular formula is C26H29ClN6O. The molecule has 34 heavy (non-hydrogen) atoms. The summed E-state index contributed by atoms with van der Waals surface area (Å²) in [4.78, 5) is 13.9. The van der Waals surface area contributed by atoms with E-state index in [4.69, 9.17) is 31.4 Å². The standard InChI is InChI=1S/C26H29ClN6O/c1-16-14-32(15-28-16)22-11-10-21(29-25(22)34-5)23-30-24-19(7-6-12-33(24)31-23)18-9-8-17(13-20(18)27)26(2,3)4/h8-11,13-15,19H,6-7,12H2,1-5H3/t19-/m1/s1. The predicted molar refractivity (Wildman–Crippen MR) is 133 cm³/mol. The monoisotopic (exact) mass is 476 g/mol. The Hall–Kier alpha value is -3.19. The van der Waals surface area contributed by atoms with Gasteiger partial charge in [-0.2, -0.15) is 0 Å². The molecule has 0 saturated carbocycles. The quantitative estimate of drug-likeness (QED) is 0.376. The van der Waals surface area contributed by atoms with Crippen LogP contribution >= 0.6 is 11.6 Å². The Labute approximate surface area is 204 Å². The number of aromatic nitrogens is 6. The number of aryl methyl sites for hydroxylation is 2. The van der Waals surface area contributed by atoms with E-state index in [1.54, 1.807) is 13.4 Å². The molecule has 4 heterocycles. The fourth-order valence-electron chi connectivity index (χ4n) is 4.49. The highest BCUT2D eigenvalue weighted by molar-refractivity contribution is 6.31. The summed E-state index contributed by atoms with van der Waals surface area (Å²) in [5.74, 6) is 2.13. The first-order chi connectivity index (χ1) is 16.2. The minimum Gasteiger partial charge on any atom is -0.479 e. The van der Waals surface area contributed by atoms with E-state index < -0.39 is 0 Å². The number of halogens is 1. The van der Waals surface area contributed by atoms with Gasteiger partial charge in [-0.15, -0.1) is 5.10 Å². The van der Waals surface area contributed by atoms with Crippen LogP contribution < -0.4 is 4.74 Å². The van der Waals surface area contributed by atoms with Gasteiger partial charge in [-0.25, -0.2) is 19.6 Å². The first-order valence-corrected chi connectivity index (χ1v) is 11.9. The van der Waals surface area contributed by atoms with Crippen LogP contribution in [0.25, 0.3) is 17.2 Å². The van der Waals surface area contributed by atoms with Crippen molar-refractivity contribution < 1.29 is 4.74 Å². The maximum absolute atomic E-state index is 6.78. The number of ether oxygens (including phenoxy) is 1. The van der Waals surface area contributed by atoms with Crippen molar-refractivity contribution in [1.82, 2.24) is 29.3 Å². The summed E-state index contributed by atoms with van der Waals surface area (Å²) in [6.45, 7) is 9.37. The van der Waals surface area contributed by atoms with Gasteiger partial charge >= 0.3 is 0 Å². The van der Waals surface area contributed by atoms with Crippen LogP contribution in [0.5, 0.6) is 5.88 Å². The van der Waals surface area contributed by atoms with E-state index in [0.29, 0.717) is 17.4 Å². The van der Waals surface area contributed by atoms with E-state index >= 15 is 0 Å². The Morgan fingerprint density at radius 1 is 1.12 bits per heavy atom. The number of nitrogens with zero attached hydrogens (tertiary/aromatic N) is 6. The van der Waals surface area contributed by atoms with Crippen molar-refractivity contribution in [1.29, 1.82) is 0 Å². The van der Waals surface area contributed by atoms with Crippen LogP contribution in [-0.2, 0) is 12.0 Å². The maximum atomic E-state index is 6.78. The number of fused-ring (bicyclic) bond motifs is 1. The normalized spacial score (nSPS) is 15.9. The summed E-state index contributed by atoms with van der Waals surface area (Å²) < 4.78 is 9.48. The highest BCUT2D eigenvalue weighted by Crippen LogP contribution is 2.38. The van der Waals surface area contributed by atoms with Crippen molar-refractivity contribution in [3.05, 3.63) is 70.5 Å². The van der Waals surface area contributed by atoms with Crippen molar-refractivity contribution in [2.75, 3.05) is 7.11 Å². The van der Waals surface area contributed by atoms with E-state index in [-0.39, 0.29) is 11.3 Å². The average Bonchev–Trinajstić information content (AvgIpc) is 3.44. The fourth-order valence-corrected chi connectivity index (χ4v) is 4.80. The molecule has 0 aliphatic carbocycles. The van der Waals surface area contributed by atoms with E-state index in [2.05, 4.69) is 44.0 Å². The fraction of sp³-hybridized carbons (Fsp3) is 0.385. The molecule has 0 spiro atoms. The highest BCUT2D eigenvalue weighted by Gasteiger charge is 2.29. The van der Waals surface area contributed by atoms with Crippen LogP contribution in [0.15, 0.2) is 42.9 Å². The summed E-state index contributed by atoms with van der Waals surface area (Å²) in [6.07, 6.45) is 5.70. The van der Waals surface area contributed by atoms with Crippen molar-refractivity contribution in [2.45, 2.75) is 58.4 Å². The molecule has 0 amide bonds. The largest absolute Gasteiger partial charge is 0.479 e. The Balaban J connectivity index is 1.51. The minimum absolute atomic E-state index is 0.0498. The molecule has 1 aliphatic rings. The van der Waals surface area contributed by atoms with Crippen molar-refractivity contribution in [2.24, 2.45) is 0 Å². The van der Waals surface area contributed by atoms with E-state index in [1.807, 2.05) is 34.5 Å². The summed E-state index contributed by atoms with van der Waals surface area (Å²) in [5, 5.41) is 5.58. The van der Waals surface area contributed by atoms with Gasteiger partial charge in [-0.1, -0.05) is 44.5 Å². The Bertz CT molecular complexity index is 1350. The predicted octanol–water partition coefficient (Wildman–Crippen LogP) is 5.72. The number of hydrogen-bond donors (Lipinski definition) is 0. The van der Waals surface area contributed by atoms with Crippen molar-refractivity contribution in [3.8, 4) is 23.1 Å². The van der Waals surface area contributed by atoms with E-state index in [9.17, 15) is 0 Å². The lowest BCUT2D eigenvalue weighted by atomic mass is 9.84. The second kappa shape index (κ2) is 8.55. The average molecular weight is 477 g/mol. The molecule has 0 unspecified atom stereocenters. The second-order valence-electron chi connectivity index (χ2n) is 9.85. The van der Waals surface area contributed by atoms with Crippen molar-refractivity contribution in [3.63, 3.8) is 0 Å². The molecule has 7 nitrogen and oxygen atoms in total. The maximum Gasteiger partial charge on any atom is 0.238 e. The van der Waals surface area contributed by atoms with Gasteiger partial charge in [0.15, 0.2) is 5.82 Å². The van der Waals surface area contributed by atoms with Crippen LogP contribution in [0.4, 0.5) is 0 Å². The van der Waals surface area contributed by atoms with Crippen LogP contribution in [0, 0.1) is 6.92 Å². The number of imidazole rings is 1. The third kappa shape index (κ3) is 4.09. The van der Waals surface area contributed by atoms with Gasteiger partial charge in [0.25, 0.3) is 0 Å². The van der Waals surface area contributed by atoms with Crippen LogP contribution in [0.2, 0.25) is 5.02 Å². The molecule has 4 aromatic rings. The molecule has 0 N–H and O–H groups in total. The number of benzene rings is 1. The Morgan fingerprint density at radius 2 is 1.94 bits per heavy atom. The Kier molecular flexibility index (Phi) is 5.68. The lowest BCUT2D eigenvalue weighted by molar-refractivity contribution is 0.396. The summed E-state index contributed by atoms with van der Waals surface area (Å²) in [7, 11) is 1.62. The molecule has 8 heteroatoms. The first-order valence-electron chi connectivity index (χ1n) is 11.6. The SMILES string of the molecule is COc1nc(-c2nc3n(n2)CCC[C@@H]3c2ccc(C(C)(C)C)cc2Cl)ccc1-n1cnc(C)c1. The molecule has 0 bridgehead atoms. The number of hydrogen-bond acceptors (Lipinski definition) is 5. The highest BCUT2D eigenvalue weighted by atomic mass is 35.5. The molecule has 1 aliphatic heterocycles. The third-order valence-electron chi connectivity index (χ3n) is 6.37. The van der Waals surface area contributed by atoms with Gasteiger partial charge in [-0.3, -0.25) is 0 Å². The van der Waals surface area contributed by atoms with E-state index in [0.717, 1.165) is 47.2 Å². The lowest BCUT2D eigenvalue weighted by Crippen LogP contribution is -2.19.